The second kappa shape index (κ2) is 31.4. The summed E-state index contributed by atoms with van der Waals surface area (Å²) in [5.74, 6) is 29.4. The fourth-order valence-corrected chi connectivity index (χ4v) is 7.53. The normalized spacial score (nSPS) is 22.2. The summed E-state index contributed by atoms with van der Waals surface area (Å²) in [5, 5.41) is 10.1. The van der Waals surface area contributed by atoms with Crippen molar-refractivity contribution in [3.8, 4) is 0 Å². The molecule has 1 saturated heterocycles. The number of hydrogen-bond donors (Lipinski definition) is 1. The predicted molar refractivity (Wildman–Crippen MR) is 265 cm³/mol. The third kappa shape index (κ3) is 18.1. The molecule has 0 bridgehead atoms. The van der Waals surface area contributed by atoms with E-state index in [1.165, 1.54) is 131 Å². The number of nitrogens with zero attached hydrogens (tertiary/aromatic N) is 2. The Morgan fingerprint density at radius 2 is 0.594 bits per heavy atom. The zero-order valence-electron chi connectivity index (χ0n) is 43.1. The van der Waals surface area contributed by atoms with E-state index in [9.17, 15) is 4.79 Å². The number of hydrogen-bond acceptors (Lipinski definition) is 2. The first-order chi connectivity index (χ1) is 29.0. The first-order valence-electron chi connectivity index (χ1n) is 22.2. The summed E-state index contributed by atoms with van der Waals surface area (Å²) in [6, 6.07) is 17.7. The van der Waals surface area contributed by atoms with Gasteiger partial charge in [-0.05, 0) is 143 Å². The minimum Gasteiger partial charge on any atom is -0.585 e. The molecule has 5 nitrogen and oxygen atoms in total. The van der Waals surface area contributed by atoms with E-state index in [1.807, 2.05) is 24.3 Å². The molecule has 1 heterocycles. The zero-order chi connectivity index (χ0) is 47.2. The predicted octanol–water partition coefficient (Wildman–Crippen LogP) is 16.5. The second-order valence-corrected chi connectivity index (χ2v) is 17.2. The molecule has 1 amide bonds. The van der Waals surface area contributed by atoms with Crippen molar-refractivity contribution < 1.29 is 95.4 Å². The van der Waals surface area contributed by atoms with E-state index in [0.29, 0.717) is 11.4 Å². The van der Waals surface area contributed by atoms with Crippen molar-refractivity contribution in [1.82, 2.24) is 0 Å². The maximum Gasteiger partial charge on any atom is 0.398 e. The van der Waals surface area contributed by atoms with Crippen molar-refractivity contribution in [2.75, 3.05) is 18.2 Å². The molecule has 20 radical (unpaired) electrons. The first-order valence-corrected chi connectivity index (χ1v) is 22.2. The van der Waals surface area contributed by atoms with Gasteiger partial charge in [-0.25, -0.2) is 4.79 Å². The molecule has 348 valence electrons. The van der Waals surface area contributed by atoms with Gasteiger partial charge in [0.2, 0.25) is 0 Å². The van der Waals surface area contributed by atoms with Gasteiger partial charge in [0.1, 0.15) is 0 Å². The van der Waals surface area contributed by atoms with Crippen molar-refractivity contribution in [2.24, 2.45) is 0 Å². The number of carbonyl (C=O) groups is 1. The van der Waals surface area contributed by atoms with E-state index in [-0.39, 0.29) is 80.8 Å². The summed E-state index contributed by atoms with van der Waals surface area (Å²) in [4.78, 5) is 11.1. The van der Waals surface area contributed by atoms with Gasteiger partial charge in [-0.15, -0.1) is 5.69 Å². The number of ether oxygens (including phenoxy) is 1. The van der Waals surface area contributed by atoms with Crippen molar-refractivity contribution in [3.05, 3.63) is 184 Å². The van der Waals surface area contributed by atoms with E-state index in [0.717, 1.165) is 18.2 Å². The molecule has 7 heteroatoms. The van der Waals surface area contributed by atoms with E-state index < -0.39 is 6.09 Å². The number of benzene rings is 2. The van der Waals surface area contributed by atoms with Gasteiger partial charge in [-0.3, -0.25) is 0 Å². The van der Waals surface area contributed by atoms with Crippen LogP contribution in [-0.4, -0.2) is 24.4 Å². The largest absolute Gasteiger partial charge is 0.585 e. The minimum absolute atomic E-state index is 0. The molecule has 5 fully saturated rings. The Labute approximate surface area is 461 Å². The minimum atomic E-state index is -1.11. The topological polar surface area (TPSA) is 63.9 Å². The average molecular weight is 1140 g/mol. The molecular weight excluding hydrogens is 1060 g/mol. The Balaban J connectivity index is 0.000000761. The molecular formula is C57H79N2O3Sm2-. The number of anilines is 1. The summed E-state index contributed by atoms with van der Waals surface area (Å²) in [5.41, 5.74) is 5.18. The summed E-state index contributed by atoms with van der Waals surface area (Å²) in [7, 11) is 0. The summed E-state index contributed by atoms with van der Waals surface area (Å²) < 4.78 is 4.94. The van der Waals surface area contributed by atoms with Crippen molar-refractivity contribution in [3.63, 3.8) is 0 Å². The smallest absolute Gasteiger partial charge is 0.398 e. The molecule has 0 aromatic heterocycles. The third-order valence-electron chi connectivity index (χ3n) is 14.2. The Bertz CT molecular complexity index is 1200. The zero-order valence-corrected chi connectivity index (χ0v) is 48.3. The molecule has 64 heavy (non-hydrogen) atoms. The van der Waals surface area contributed by atoms with Crippen LogP contribution in [0, 0.1) is 199 Å². The summed E-state index contributed by atoms with van der Waals surface area (Å²) >= 11 is 0. The van der Waals surface area contributed by atoms with Gasteiger partial charge in [0.05, 0.1) is 0 Å². The van der Waals surface area contributed by atoms with Crippen LogP contribution < -0.4 is 5.01 Å². The van der Waals surface area contributed by atoms with Crippen LogP contribution in [-0.2, 0) is 4.74 Å². The number of amides is 1. The molecule has 0 spiro atoms. The van der Waals surface area contributed by atoms with Crippen LogP contribution in [0.2, 0.25) is 0 Å². The quantitative estimate of drug-likeness (QED) is 0.312. The fourth-order valence-electron chi connectivity index (χ4n) is 7.53. The first kappa shape index (κ1) is 64.1. The Morgan fingerprint density at radius 1 is 0.391 bits per heavy atom. The SMILES string of the molecule is C1CCOC1.C[C]1[C](C)[C](C)[C](C)[C]1C.C[C]1[C](C)[C](C)[C](C)[C]1C.C[C]1[C](C)[C](C)[C](C)[C]1C.C[C]1[C](C)[C](C)[C](C)[C]1C.O=C(O)N([N-]c1ccccc1)c1ccccc1.[Sm].[Sm]. The third-order valence-corrected chi connectivity index (χ3v) is 14.2. The second-order valence-electron chi connectivity index (χ2n) is 17.2. The molecule has 7 rings (SSSR count). The average Bonchev–Trinajstić information content (AvgIpc) is 4.04. The monoisotopic (exact) mass is 1140 g/mol. The molecule has 1 aliphatic heterocycles. The van der Waals surface area contributed by atoms with Gasteiger partial charge >= 0.3 is 6.09 Å². The Morgan fingerprint density at radius 3 is 0.766 bits per heavy atom. The van der Waals surface area contributed by atoms with Crippen LogP contribution >= 0.6 is 0 Å². The van der Waals surface area contributed by atoms with Crippen LogP contribution in [0.3, 0.4) is 0 Å². The maximum atomic E-state index is 11.1. The number of rotatable bonds is 3. The number of para-hydroxylation sites is 1. The fraction of sp³-hybridized carbons (Fsp3) is 0.421. The summed E-state index contributed by atoms with van der Waals surface area (Å²) in [6.07, 6.45) is 1.44. The van der Waals surface area contributed by atoms with Crippen LogP contribution in [0.1, 0.15) is 151 Å². The van der Waals surface area contributed by atoms with Crippen molar-refractivity contribution >= 4 is 17.5 Å². The maximum absolute atomic E-state index is 11.1. The van der Waals surface area contributed by atoms with Crippen molar-refractivity contribution in [2.45, 2.75) is 151 Å². The molecule has 2 aromatic carbocycles. The van der Waals surface area contributed by atoms with Crippen LogP contribution in [0.5, 0.6) is 0 Å². The van der Waals surface area contributed by atoms with Crippen molar-refractivity contribution in [1.29, 1.82) is 0 Å². The molecule has 4 aliphatic carbocycles. The van der Waals surface area contributed by atoms with Gasteiger partial charge in [-0.1, -0.05) is 187 Å². The van der Waals surface area contributed by atoms with Gasteiger partial charge in [0, 0.05) is 99.7 Å². The van der Waals surface area contributed by atoms with E-state index in [2.05, 4.69) is 144 Å². The summed E-state index contributed by atoms with van der Waals surface area (Å²) in [6.45, 7) is 46.0. The molecule has 4 saturated carbocycles. The van der Waals surface area contributed by atoms with Gasteiger partial charge < -0.3 is 20.3 Å². The molecule has 0 unspecified atom stereocenters. The Hall–Kier alpha value is 0.145. The van der Waals surface area contributed by atoms with E-state index in [4.69, 9.17) is 9.84 Å². The van der Waals surface area contributed by atoms with Gasteiger partial charge in [0.15, 0.2) is 0 Å². The molecule has 5 aliphatic rings. The number of carboxylic acid groups (broad SMARTS) is 1. The molecule has 0 atom stereocenters. The van der Waals surface area contributed by atoms with Gasteiger partial charge in [-0.2, -0.15) is 0 Å². The Kier molecular flexibility index (Phi) is 31.5. The van der Waals surface area contributed by atoms with E-state index in [1.54, 1.807) is 36.4 Å². The molecule has 2 aromatic rings. The van der Waals surface area contributed by atoms with Crippen LogP contribution in [0.4, 0.5) is 16.2 Å². The standard InChI is InChI=1S/C13H11N2O2.4C10H15.C4H8O.2Sm/c16-13(17)15(12-9-5-2-6-10-12)14-11-7-3-1-4-8-11;4*1-6-7(2)9(4)10(5)8(6)3;1-2-4-5-3-1;;/h1-10H,(H,16,17);4*1-5H3;1-4H2;;/q-1;;;;;;;. The van der Waals surface area contributed by atoms with Crippen LogP contribution in [0.25, 0.3) is 5.43 Å². The van der Waals surface area contributed by atoms with Gasteiger partial charge in [0.25, 0.3) is 0 Å². The van der Waals surface area contributed by atoms with E-state index >= 15 is 0 Å². The van der Waals surface area contributed by atoms with Crippen LogP contribution in [0.15, 0.2) is 60.7 Å². The molecule has 1 N–H and O–H groups in total.